The summed E-state index contributed by atoms with van der Waals surface area (Å²) in [6, 6.07) is 13.2. The lowest BCUT2D eigenvalue weighted by Gasteiger charge is -2.41. The molecular formula is C28H32N6O5S. The maximum atomic E-state index is 13.6. The number of nitrogens with zero attached hydrogens (tertiary/aromatic N) is 4. The first kappa shape index (κ1) is 27.5. The van der Waals surface area contributed by atoms with Crippen molar-refractivity contribution in [3.05, 3.63) is 65.2 Å². The van der Waals surface area contributed by atoms with Crippen LogP contribution in [0.2, 0.25) is 0 Å². The molecule has 0 saturated carbocycles. The largest absolute Gasteiger partial charge is 0.475 e. The molecule has 0 unspecified atom stereocenters. The van der Waals surface area contributed by atoms with E-state index in [0.29, 0.717) is 38.4 Å². The maximum absolute atomic E-state index is 13.6. The number of hydrogen-bond acceptors (Lipinski definition) is 8. The summed E-state index contributed by atoms with van der Waals surface area (Å²) >= 11 is 0. The third-order valence-corrected chi connectivity index (χ3v) is 8.44. The van der Waals surface area contributed by atoms with Gasteiger partial charge in [0.25, 0.3) is 15.9 Å². The summed E-state index contributed by atoms with van der Waals surface area (Å²) in [5.41, 5.74) is 3.60. The summed E-state index contributed by atoms with van der Waals surface area (Å²) < 4.78 is 35.3. The van der Waals surface area contributed by atoms with Gasteiger partial charge in [0.05, 0.1) is 16.6 Å². The first-order valence-electron chi connectivity index (χ1n) is 13.1. The molecule has 11 nitrogen and oxygen atoms in total. The van der Waals surface area contributed by atoms with E-state index in [1.54, 1.807) is 23.1 Å². The van der Waals surface area contributed by atoms with E-state index >= 15 is 0 Å². The molecule has 3 aromatic rings. The van der Waals surface area contributed by atoms with Gasteiger partial charge in [-0.15, -0.1) is 0 Å². The molecule has 12 heteroatoms. The summed E-state index contributed by atoms with van der Waals surface area (Å²) in [5.74, 6) is -0.301. The van der Waals surface area contributed by atoms with Crippen molar-refractivity contribution in [3.8, 4) is 17.1 Å². The zero-order valence-corrected chi connectivity index (χ0v) is 23.5. The van der Waals surface area contributed by atoms with E-state index in [9.17, 15) is 18.0 Å². The molecule has 1 saturated heterocycles. The zero-order valence-electron chi connectivity index (χ0n) is 22.7. The number of anilines is 1. The smallest absolute Gasteiger partial charge is 0.264 e. The Labute approximate surface area is 233 Å². The Morgan fingerprint density at radius 2 is 1.85 bits per heavy atom. The second kappa shape index (κ2) is 11.2. The molecule has 1 aromatic heterocycles. The van der Waals surface area contributed by atoms with Crippen LogP contribution in [-0.4, -0.2) is 85.4 Å². The van der Waals surface area contributed by atoms with Gasteiger partial charge in [0.1, 0.15) is 6.61 Å². The molecule has 0 spiro atoms. The van der Waals surface area contributed by atoms with Crippen LogP contribution in [0.15, 0.2) is 53.4 Å². The lowest BCUT2D eigenvalue weighted by atomic mass is 10.00. The summed E-state index contributed by atoms with van der Waals surface area (Å²) in [7, 11) is -4.10. The van der Waals surface area contributed by atoms with Crippen molar-refractivity contribution in [1.82, 2.24) is 25.1 Å². The minimum atomic E-state index is -4.10. The van der Waals surface area contributed by atoms with E-state index in [1.807, 2.05) is 32.0 Å². The number of benzene rings is 2. The van der Waals surface area contributed by atoms with Crippen LogP contribution < -0.4 is 14.8 Å². The first-order chi connectivity index (χ1) is 19.1. The molecule has 1 fully saturated rings. The number of aryl methyl sites for hydroxylation is 2. The van der Waals surface area contributed by atoms with Crippen LogP contribution in [0, 0.1) is 13.8 Å². The zero-order chi connectivity index (χ0) is 28.4. The summed E-state index contributed by atoms with van der Waals surface area (Å²) in [6.45, 7) is 8.21. The van der Waals surface area contributed by atoms with E-state index < -0.39 is 10.0 Å². The molecule has 2 amide bonds. The fourth-order valence-corrected chi connectivity index (χ4v) is 6.13. The van der Waals surface area contributed by atoms with Crippen molar-refractivity contribution in [1.29, 1.82) is 0 Å². The van der Waals surface area contributed by atoms with Crippen LogP contribution in [0.25, 0.3) is 11.3 Å². The van der Waals surface area contributed by atoms with Gasteiger partial charge >= 0.3 is 0 Å². The SMILES string of the molecule is CC(=O)NCCN1CCN2C(=O)c3cccc(c3)S(=O)(=O)Nc3nc(cc(-c4c(C)cccc4C)n3)OC[C@H]2C1. The number of carbonyl (C=O) groups excluding carboxylic acids is 2. The maximum Gasteiger partial charge on any atom is 0.264 e. The number of rotatable bonds is 4. The Bertz CT molecular complexity index is 1540. The van der Waals surface area contributed by atoms with E-state index in [2.05, 4.69) is 24.9 Å². The summed E-state index contributed by atoms with van der Waals surface area (Å²) in [4.78, 5) is 37.7. The fraction of sp³-hybridized carbons (Fsp3) is 0.357. The van der Waals surface area contributed by atoms with Crippen LogP contribution in [0.3, 0.4) is 0 Å². The minimum Gasteiger partial charge on any atom is -0.475 e. The highest BCUT2D eigenvalue weighted by Crippen LogP contribution is 2.30. The second-order valence-corrected chi connectivity index (χ2v) is 11.7. The van der Waals surface area contributed by atoms with Crippen molar-refractivity contribution in [2.24, 2.45) is 0 Å². The molecule has 5 rings (SSSR count). The number of carbonyl (C=O) groups is 2. The van der Waals surface area contributed by atoms with Crippen LogP contribution in [0.1, 0.15) is 28.4 Å². The van der Waals surface area contributed by atoms with Crippen molar-refractivity contribution in [2.75, 3.05) is 44.1 Å². The van der Waals surface area contributed by atoms with Crippen molar-refractivity contribution in [3.63, 3.8) is 0 Å². The normalized spacial score (nSPS) is 18.7. The molecule has 40 heavy (non-hydrogen) atoms. The monoisotopic (exact) mass is 564 g/mol. The van der Waals surface area contributed by atoms with Crippen LogP contribution in [0.4, 0.5) is 5.95 Å². The number of piperazine rings is 1. The van der Waals surface area contributed by atoms with Gasteiger partial charge < -0.3 is 15.0 Å². The molecule has 4 bridgehead atoms. The van der Waals surface area contributed by atoms with Crippen LogP contribution in [0.5, 0.6) is 5.88 Å². The predicted octanol–water partition coefficient (Wildman–Crippen LogP) is 2.22. The fourth-order valence-electron chi connectivity index (χ4n) is 5.14. The third-order valence-electron chi connectivity index (χ3n) is 7.11. The number of fused-ring (bicyclic) bond motifs is 5. The molecule has 1 atom stereocenters. The molecular weight excluding hydrogens is 532 g/mol. The number of nitrogens with one attached hydrogen (secondary N) is 2. The van der Waals surface area contributed by atoms with Gasteiger partial charge in [-0.1, -0.05) is 24.3 Å². The quantitative estimate of drug-likeness (QED) is 0.493. The van der Waals surface area contributed by atoms with Crippen molar-refractivity contribution in [2.45, 2.75) is 31.7 Å². The van der Waals surface area contributed by atoms with Crippen LogP contribution in [-0.2, 0) is 14.8 Å². The molecule has 2 N–H and O–H groups in total. The molecule has 2 aliphatic rings. The Morgan fingerprint density at radius 1 is 1.10 bits per heavy atom. The molecule has 0 radical (unpaired) electrons. The first-order valence-corrected chi connectivity index (χ1v) is 14.6. The molecule has 210 valence electrons. The van der Waals surface area contributed by atoms with Gasteiger partial charge in [0.2, 0.25) is 17.7 Å². The Balaban J connectivity index is 1.55. The van der Waals surface area contributed by atoms with Gasteiger partial charge in [-0.2, -0.15) is 4.98 Å². The Kier molecular flexibility index (Phi) is 7.72. The number of hydrogen-bond donors (Lipinski definition) is 2. The summed E-state index contributed by atoms with van der Waals surface area (Å²) in [5, 5.41) is 2.81. The predicted molar refractivity (Wildman–Crippen MR) is 150 cm³/mol. The Morgan fingerprint density at radius 3 is 2.60 bits per heavy atom. The molecule has 2 aliphatic heterocycles. The van der Waals surface area contributed by atoms with Crippen molar-refractivity contribution >= 4 is 27.8 Å². The van der Waals surface area contributed by atoms with E-state index in [0.717, 1.165) is 16.7 Å². The molecule has 2 aromatic carbocycles. The highest BCUT2D eigenvalue weighted by Gasteiger charge is 2.33. The molecule has 3 heterocycles. The number of aromatic nitrogens is 2. The average molecular weight is 565 g/mol. The van der Waals surface area contributed by atoms with Gasteiger partial charge in [-0.05, 0) is 43.2 Å². The third kappa shape index (κ3) is 5.92. The summed E-state index contributed by atoms with van der Waals surface area (Å²) in [6.07, 6.45) is 0. The minimum absolute atomic E-state index is 0.0633. The Hall–Kier alpha value is -4.03. The second-order valence-electron chi connectivity index (χ2n) is 10.1. The van der Waals surface area contributed by atoms with E-state index in [-0.39, 0.29) is 46.8 Å². The highest BCUT2D eigenvalue weighted by atomic mass is 32.2. The topological polar surface area (TPSA) is 134 Å². The van der Waals surface area contributed by atoms with Crippen LogP contribution >= 0.6 is 0 Å². The van der Waals surface area contributed by atoms with Crippen molar-refractivity contribution < 1.29 is 22.7 Å². The van der Waals surface area contributed by atoms with Gasteiger partial charge in [-0.3, -0.25) is 14.5 Å². The highest BCUT2D eigenvalue weighted by molar-refractivity contribution is 7.92. The van der Waals surface area contributed by atoms with Gasteiger partial charge in [0.15, 0.2) is 0 Å². The van der Waals surface area contributed by atoms with Gasteiger partial charge in [0, 0.05) is 56.8 Å². The van der Waals surface area contributed by atoms with E-state index in [4.69, 9.17) is 4.74 Å². The molecule has 0 aliphatic carbocycles. The lowest BCUT2D eigenvalue weighted by Crippen LogP contribution is -2.58. The number of sulfonamides is 1. The number of amides is 2. The van der Waals surface area contributed by atoms with E-state index in [1.165, 1.54) is 19.1 Å². The number of ether oxygens (including phenoxy) is 1. The van der Waals surface area contributed by atoms with Gasteiger partial charge in [-0.25, -0.2) is 18.1 Å². The lowest BCUT2D eigenvalue weighted by molar-refractivity contribution is -0.119. The standard InChI is InChI=1S/C28H32N6O5S/c1-18-6-4-7-19(2)26(18)24-15-25-31-28(30-24)32-40(37,38)23-9-5-8-21(14-23)27(36)34-13-12-33(11-10-29-20(3)35)16-22(34)17-39-25/h4-9,14-15,22H,10-13,16-17H2,1-3H3,(H,29,35)(H,30,31,32)/t22-/m1/s1. The average Bonchev–Trinajstić information content (AvgIpc) is 2.91.